The van der Waals surface area contributed by atoms with E-state index in [4.69, 9.17) is 0 Å². The molecule has 0 fully saturated rings. The van der Waals surface area contributed by atoms with Crippen LogP contribution in [0.15, 0.2) is 12.1 Å². The van der Waals surface area contributed by atoms with Gasteiger partial charge in [0, 0.05) is 17.7 Å². The van der Waals surface area contributed by atoms with Crippen LogP contribution >= 0.6 is 0 Å². The van der Waals surface area contributed by atoms with Gasteiger partial charge in [0.1, 0.15) is 5.75 Å². The number of phenolic OH excluding ortho intramolecular Hbond substituents is 1. The van der Waals surface area contributed by atoms with Crippen molar-refractivity contribution in [3.63, 3.8) is 0 Å². The molecule has 0 saturated heterocycles. The molecule has 2 nitrogen and oxygen atoms in total. The molecule has 0 unspecified atom stereocenters. The van der Waals surface area contributed by atoms with E-state index in [1.165, 1.54) is 5.56 Å². The van der Waals surface area contributed by atoms with Crippen LogP contribution in [-0.4, -0.2) is 24.1 Å². The molecule has 0 atom stereocenters. The molecule has 0 aliphatic heterocycles. The summed E-state index contributed by atoms with van der Waals surface area (Å²) < 4.78 is 0. The number of aromatic hydroxyl groups is 1. The van der Waals surface area contributed by atoms with Gasteiger partial charge in [-0.1, -0.05) is 81.4 Å². The summed E-state index contributed by atoms with van der Waals surface area (Å²) in [5, 5.41) is 11.4. The fourth-order valence-corrected chi connectivity index (χ4v) is 5.02. The van der Waals surface area contributed by atoms with Crippen molar-refractivity contribution in [2.24, 2.45) is 10.8 Å². The maximum Gasteiger partial charge on any atom is 0.123 e. The number of hydrogen-bond acceptors (Lipinski definition) is 2. The molecule has 0 spiro atoms. The summed E-state index contributed by atoms with van der Waals surface area (Å²) >= 11 is 0. The second-order valence-corrected chi connectivity index (χ2v) is 12.5. The van der Waals surface area contributed by atoms with Crippen LogP contribution in [-0.2, 0) is 17.4 Å². The van der Waals surface area contributed by atoms with Gasteiger partial charge in [0.2, 0.25) is 0 Å². The van der Waals surface area contributed by atoms with Gasteiger partial charge in [0.05, 0.1) is 0 Å². The Labute approximate surface area is 169 Å². The molecule has 0 heterocycles. The minimum absolute atomic E-state index is 0.0861. The van der Waals surface area contributed by atoms with E-state index in [0.29, 0.717) is 5.75 Å². The Morgan fingerprint density at radius 3 is 1.30 bits per heavy atom. The molecule has 1 N–H and O–H groups in total. The average Bonchev–Trinajstić information content (AvgIpc) is 2.33. The van der Waals surface area contributed by atoms with Gasteiger partial charge in [-0.3, -0.25) is 0 Å². The standard InChI is InChI=1S/C25H45NO/c1-22(2,3)16-24(7,8)19-13-18(15-26(11)12)14-20(21(19)27)25(9,10)17-23(4,5)6/h13-14,27H,15-17H2,1-12H3. The van der Waals surface area contributed by atoms with Crippen molar-refractivity contribution < 1.29 is 5.11 Å². The highest BCUT2D eigenvalue weighted by Gasteiger charge is 2.35. The Morgan fingerprint density at radius 2 is 1.04 bits per heavy atom. The molecule has 0 amide bonds. The van der Waals surface area contributed by atoms with Crippen LogP contribution < -0.4 is 0 Å². The summed E-state index contributed by atoms with van der Waals surface area (Å²) in [5.74, 6) is 0.501. The van der Waals surface area contributed by atoms with E-state index in [1.54, 1.807) is 0 Å². The topological polar surface area (TPSA) is 23.5 Å². The Kier molecular flexibility index (Phi) is 6.92. The van der Waals surface area contributed by atoms with E-state index in [0.717, 1.165) is 30.5 Å². The highest BCUT2D eigenvalue weighted by molar-refractivity contribution is 5.50. The Morgan fingerprint density at radius 1 is 0.704 bits per heavy atom. The molecule has 2 heteroatoms. The molecule has 0 saturated carbocycles. The molecule has 27 heavy (non-hydrogen) atoms. The molecule has 1 rings (SSSR count). The summed E-state index contributed by atoms with van der Waals surface area (Å²) in [6.07, 6.45) is 2.05. The van der Waals surface area contributed by atoms with E-state index in [9.17, 15) is 5.11 Å². The monoisotopic (exact) mass is 375 g/mol. The highest BCUT2D eigenvalue weighted by atomic mass is 16.3. The van der Waals surface area contributed by atoms with Crippen molar-refractivity contribution in [2.45, 2.75) is 99.5 Å². The van der Waals surface area contributed by atoms with Gasteiger partial charge in [0.25, 0.3) is 0 Å². The number of benzene rings is 1. The van der Waals surface area contributed by atoms with Crippen molar-refractivity contribution in [1.82, 2.24) is 4.90 Å². The van der Waals surface area contributed by atoms with Crippen LogP contribution in [0.4, 0.5) is 0 Å². The third kappa shape index (κ3) is 7.14. The zero-order chi connectivity index (χ0) is 21.4. The highest BCUT2D eigenvalue weighted by Crippen LogP contribution is 2.47. The van der Waals surface area contributed by atoms with Gasteiger partial charge >= 0.3 is 0 Å². The molecule has 1 aromatic carbocycles. The second kappa shape index (κ2) is 7.78. The first-order valence-electron chi connectivity index (χ1n) is 10.4. The summed E-state index contributed by atoms with van der Waals surface area (Å²) in [7, 11) is 4.21. The average molecular weight is 376 g/mol. The summed E-state index contributed by atoms with van der Waals surface area (Å²) in [6, 6.07) is 4.47. The molecular weight excluding hydrogens is 330 g/mol. The summed E-state index contributed by atoms with van der Waals surface area (Å²) in [4.78, 5) is 2.20. The lowest BCUT2D eigenvalue weighted by molar-refractivity contribution is 0.267. The summed E-state index contributed by atoms with van der Waals surface area (Å²) in [5.41, 5.74) is 3.70. The zero-order valence-corrected chi connectivity index (χ0v) is 20.2. The minimum atomic E-state index is -0.0861. The normalized spacial score (nSPS) is 14.1. The van der Waals surface area contributed by atoms with Crippen LogP contribution in [0.3, 0.4) is 0 Å². The van der Waals surface area contributed by atoms with E-state index in [2.05, 4.69) is 100 Å². The van der Waals surface area contributed by atoms with Crippen LogP contribution in [0.1, 0.15) is 98.8 Å². The third-order valence-corrected chi connectivity index (χ3v) is 5.07. The van der Waals surface area contributed by atoms with Crippen molar-refractivity contribution in [3.8, 4) is 5.75 Å². The largest absolute Gasteiger partial charge is 0.507 e. The van der Waals surface area contributed by atoms with E-state index < -0.39 is 0 Å². The van der Waals surface area contributed by atoms with Gasteiger partial charge < -0.3 is 10.0 Å². The maximum absolute atomic E-state index is 11.4. The molecule has 1 aromatic rings. The molecule has 0 aliphatic carbocycles. The lowest BCUT2D eigenvalue weighted by Gasteiger charge is -2.38. The Hall–Kier alpha value is -1.02. The molecule has 0 radical (unpaired) electrons. The lowest BCUT2D eigenvalue weighted by atomic mass is 9.68. The predicted molar refractivity (Wildman–Crippen MR) is 120 cm³/mol. The maximum atomic E-state index is 11.4. The smallest absolute Gasteiger partial charge is 0.123 e. The minimum Gasteiger partial charge on any atom is -0.507 e. The van der Waals surface area contributed by atoms with E-state index >= 15 is 0 Å². The molecule has 0 aliphatic rings. The van der Waals surface area contributed by atoms with Gasteiger partial charge in [-0.2, -0.15) is 0 Å². The van der Waals surface area contributed by atoms with Gasteiger partial charge in [-0.05, 0) is 54.2 Å². The lowest BCUT2D eigenvalue weighted by Crippen LogP contribution is -2.29. The molecular formula is C25H45NO. The Bertz CT molecular complexity index is 590. The predicted octanol–water partition coefficient (Wildman–Crippen LogP) is 6.88. The fraction of sp³-hybridized carbons (Fsp3) is 0.760. The number of hydrogen-bond donors (Lipinski definition) is 1. The van der Waals surface area contributed by atoms with Crippen LogP contribution in [0.5, 0.6) is 5.75 Å². The van der Waals surface area contributed by atoms with Crippen molar-refractivity contribution in [3.05, 3.63) is 28.8 Å². The Balaban J connectivity index is 3.61. The third-order valence-electron chi connectivity index (χ3n) is 5.07. The van der Waals surface area contributed by atoms with Crippen molar-refractivity contribution in [1.29, 1.82) is 0 Å². The van der Waals surface area contributed by atoms with Crippen LogP contribution in [0, 0.1) is 10.8 Å². The first kappa shape index (κ1) is 24.0. The molecule has 0 aromatic heterocycles. The molecule has 0 bridgehead atoms. The second-order valence-electron chi connectivity index (χ2n) is 12.5. The number of rotatable bonds is 6. The van der Waals surface area contributed by atoms with Gasteiger partial charge in [-0.25, -0.2) is 0 Å². The summed E-state index contributed by atoms with van der Waals surface area (Å²) in [6.45, 7) is 23.6. The molecule has 156 valence electrons. The SMILES string of the molecule is CN(C)Cc1cc(C(C)(C)CC(C)(C)C)c(O)c(C(C)(C)CC(C)(C)C)c1. The van der Waals surface area contributed by atoms with Crippen molar-refractivity contribution >= 4 is 0 Å². The number of phenols is 1. The first-order valence-corrected chi connectivity index (χ1v) is 10.4. The number of nitrogens with zero attached hydrogens (tertiary/aromatic N) is 1. The first-order chi connectivity index (χ1) is 11.8. The van der Waals surface area contributed by atoms with Gasteiger partial charge in [-0.15, -0.1) is 0 Å². The quantitative estimate of drug-likeness (QED) is 0.585. The van der Waals surface area contributed by atoms with E-state index in [-0.39, 0.29) is 21.7 Å². The van der Waals surface area contributed by atoms with Crippen molar-refractivity contribution in [2.75, 3.05) is 14.1 Å². The van der Waals surface area contributed by atoms with Gasteiger partial charge in [0.15, 0.2) is 0 Å². The van der Waals surface area contributed by atoms with E-state index in [1.807, 2.05) is 0 Å². The zero-order valence-electron chi connectivity index (χ0n) is 20.2. The fourth-order valence-electron chi connectivity index (χ4n) is 5.02. The van der Waals surface area contributed by atoms with Crippen LogP contribution in [0.25, 0.3) is 0 Å². The van der Waals surface area contributed by atoms with Crippen LogP contribution in [0.2, 0.25) is 0 Å².